The molecule has 0 bridgehead atoms. The molecule has 0 amide bonds. The summed E-state index contributed by atoms with van der Waals surface area (Å²) in [5.74, 6) is 0. The molecule has 0 atom stereocenters. The lowest BCUT2D eigenvalue weighted by atomic mass is 9.84. The van der Waals surface area contributed by atoms with E-state index in [0.717, 1.165) is 17.7 Å². The Hall–Kier alpha value is -1.21. The average molecular weight is 366 g/mol. The van der Waals surface area contributed by atoms with Crippen molar-refractivity contribution in [1.82, 2.24) is 0 Å². The first-order valence-corrected chi connectivity index (χ1v) is 9.64. The summed E-state index contributed by atoms with van der Waals surface area (Å²) in [6.45, 7) is 7.27. The van der Waals surface area contributed by atoms with E-state index in [-0.39, 0.29) is 5.41 Å². The standard InChI is InChI=1S/C18H23NO3S2/c1-18(2)13-9-12(11-20)23-16(13)17-14(18)10-15(24-17)19(3)5-6-22-8-7-21-4/h9-11H,5-8H2,1-4H3. The number of carbonyl (C=O) groups excluding carboxylic acids is 1. The molecule has 0 spiro atoms. The molecule has 2 heterocycles. The zero-order chi connectivity index (χ0) is 17.3. The van der Waals surface area contributed by atoms with Gasteiger partial charge in [0.25, 0.3) is 0 Å². The lowest BCUT2D eigenvalue weighted by molar-refractivity contribution is 0.0744. The van der Waals surface area contributed by atoms with Crippen molar-refractivity contribution in [1.29, 1.82) is 0 Å². The number of hydrogen-bond donors (Lipinski definition) is 0. The first-order valence-electron chi connectivity index (χ1n) is 8.01. The predicted molar refractivity (Wildman–Crippen MR) is 101 cm³/mol. The molecule has 1 aliphatic carbocycles. The van der Waals surface area contributed by atoms with Gasteiger partial charge in [-0.25, -0.2) is 0 Å². The van der Waals surface area contributed by atoms with Crippen LogP contribution in [0, 0.1) is 0 Å². The summed E-state index contributed by atoms with van der Waals surface area (Å²) in [6.07, 6.45) is 0.955. The summed E-state index contributed by atoms with van der Waals surface area (Å²) in [7, 11) is 3.78. The summed E-state index contributed by atoms with van der Waals surface area (Å²) >= 11 is 3.41. The molecule has 2 aromatic rings. The Labute approximate surface area is 151 Å². The number of thiophene rings is 2. The fourth-order valence-corrected chi connectivity index (χ4v) is 5.60. The monoisotopic (exact) mass is 365 g/mol. The van der Waals surface area contributed by atoms with E-state index in [0.29, 0.717) is 19.8 Å². The van der Waals surface area contributed by atoms with Crippen molar-refractivity contribution < 1.29 is 14.3 Å². The molecule has 0 saturated carbocycles. The van der Waals surface area contributed by atoms with Gasteiger partial charge >= 0.3 is 0 Å². The molecule has 0 unspecified atom stereocenters. The lowest BCUT2D eigenvalue weighted by Crippen LogP contribution is -2.22. The number of methoxy groups -OCH3 is 1. The van der Waals surface area contributed by atoms with Gasteiger partial charge in [0.2, 0.25) is 0 Å². The number of hydrogen-bond acceptors (Lipinski definition) is 6. The predicted octanol–water partition coefficient (Wildman–Crippen LogP) is 4.03. The minimum absolute atomic E-state index is 0.0347. The number of anilines is 1. The maximum atomic E-state index is 11.1. The van der Waals surface area contributed by atoms with Gasteiger partial charge in [-0.3, -0.25) is 4.79 Å². The van der Waals surface area contributed by atoms with Gasteiger partial charge in [-0.2, -0.15) is 0 Å². The highest BCUT2D eigenvalue weighted by atomic mass is 32.1. The van der Waals surface area contributed by atoms with E-state index in [1.165, 1.54) is 25.9 Å². The molecule has 0 radical (unpaired) electrons. The molecular weight excluding hydrogens is 342 g/mol. The Morgan fingerprint density at radius 3 is 2.54 bits per heavy atom. The highest BCUT2D eigenvalue weighted by molar-refractivity contribution is 7.25. The van der Waals surface area contributed by atoms with Gasteiger partial charge in [0, 0.05) is 31.0 Å². The van der Waals surface area contributed by atoms with E-state index in [4.69, 9.17) is 9.47 Å². The largest absolute Gasteiger partial charge is 0.382 e. The highest BCUT2D eigenvalue weighted by Gasteiger charge is 2.39. The SMILES string of the molecule is COCCOCCN(C)c1cc2c(s1)-c1sc(C=O)cc1C2(C)C. The quantitative estimate of drug-likeness (QED) is 0.523. The zero-order valence-corrected chi connectivity index (χ0v) is 16.2. The van der Waals surface area contributed by atoms with Crippen LogP contribution in [0.5, 0.6) is 0 Å². The molecule has 0 aromatic carbocycles. The normalized spacial score (nSPS) is 14.5. The van der Waals surface area contributed by atoms with Crippen molar-refractivity contribution in [2.45, 2.75) is 19.3 Å². The van der Waals surface area contributed by atoms with Crippen LogP contribution in [0.4, 0.5) is 5.00 Å². The number of aldehydes is 1. The van der Waals surface area contributed by atoms with Gasteiger partial charge in [-0.1, -0.05) is 13.8 Å². The summed E-state index contributed by atoms with van der Waals surface area (Å²) in [6, 6.07) is 4.34. The fourth-order valence-electron chi connectivity index (χ4n) is 3.00. The number of fused-ring (bicyclic) bond motifs is 3. The van der Waals surface area contributed by atoms with E-state index < -0.39 is 0 Å². The molecule has 0 saturated heterocycles. The molecule has 2 aromatic heterocycles. The summed E-state index contributed by atoms with van der Waals surface area (Å²) in [5.41, 5.74) is 2.62. The van der Waals surface area contributed by atoms with Crippen molar-refractivity contribution in [3.05, 3.63) is 28.1 Å². The van der Waals surface area contributed by atoms with Crippen molar-refractivity contribution >= 4 is 34.0 Å². The van der Waals surface area contributed by atoms with Crippen molar-refractivity contribution in [2.24, 2.45) is 0 Å². The topological polar surface area (TPSA) is 38.8 Å². The van der Waals surface area contributed by atoms with Crippen LogP contribution < -0.4 is 4.90 Å². The third-order valence-corrected chi connectivity index (χ3v) is 6.99. The molecule has 6 heteroatoms. The van der Waals surface area contributed by atoms with Crippen LogP contribution in [0.2, 0.25) is 0 Å². The second kappa shape index (κ2) is 6.96. The smallest absolute Gasteiger partial charge is 0.160 e. The lowest BCUT2D eigenvalue weighted by Gasteiger charge is -2.20. The molecular formula is C18H23NO3S2. The minimum Gasteiger partial charge on any atom is -0.382 e. The third-order valence-electron chi connectivity index (χ3n) is 4.52. The van der Waals surface area contributed by atoms with E-state index in [1.807, 2.05) is 17.4 Å². The molecule has 24 heavy (non-hydrogen) atoms. The van der Waals surface area contributed by atoms with Gasteiger partial charge < -0.3 is 14.4 Å². The average Bonchev–Trinajstić information content (AvgIpc) is 3.22. The number of likely N-dealkylation sites (N-methyl/N-ethyl adjacent to an activating group) is 1. The minimum atomic E-state index is -0.0347. The van der Waals surface area contributed by atoms with Crippen LogP contribution in [0.25, 0.3) is 9.75 Å². The van der Waals surface area contributed by atoms with Gasteiger partial charge in [0.15, 0.2) is 6.29 Å². The molecule has 0 N–H and O–H groups in total. The molecule has 130 valence electrons. The van der Waals surface area contributed by atoms with Crippen LogP contribution in [0.3, 0.4) is 0 Å². The number of carbonyl (C=O) groups is 1. The van der Waals surface area contributed by atoms with E-state index in [2.05, 4.69) is 31.9 Å². The van der Waals surface area contributed by atoms with Crippen LogP contribution in [0.15, 0.2) is 12.1 Å². The van der Waals surface area contributed by atoms with Crippen molar-refractivity contribution in [3.63, 3.8) is 0 Å². The Morgan fingerprint density at radius 1 is 1.12 bits per heavy atom. The zero-order valence-electron chi connectivity index (χ0n) is 14.5. The van der Waals surface area contributed by atoms with Crippen LogP contribution in [-0.4, -0.2) is 46.8 Å². The van der Waals surface area contributed by atoms with Gasteiger partial charge in [-0.05, 0) is 23.3 Å². The second-order valence-corrected chi connectivity index (χ2v) is 8.60. The highest BCUT2D eigenvalue weighted by Crippen LogP contribution is 2.56. The summed E-state index contributed by atoms with van der Waals surface area (Å²) < 4.78 is 10.5. The Kier molecular flexibility index (Phi) is 5.11. The van der Waals surface area contributed by atoms with Gasteiger partial charge in [0.1, 0.15) is 0 Å². The summed E-state index contributed by atoms with van der Waals surface area (Å²) in [4.78, 5) is 16.8. The van der Waals surface area contributed by atoms with Crippen LogP contribution in [-0.2, 0) is 14.9 Å². The Bertz CT molecular complexity index is 733. The van der Waals surface area contributed by atoms with Crippen LogP contribution in [0.1, 0.15) is 34.6 Å². The molecule has 1 aliphatic rings. The first kappa shape index (κ1) is 17.6. The fraction of sp³-hybridized carbons (Fsp3) is 0.500. The van der Waals surface area contributed by atoms with E-state index in [1.54, 1.807) is 18.4 Å². The Morgan fingerprint density at radius 2 is 1.83 bits per heavy atom. The molecule has 0 aliphatic heterocycles. The van der Waals surface area contributed by atoms with Gasteiger partial charge in [0.05, 0.1) is 34.6 Å². The Balaban J connectivity index is 1.76. The summed E-state index contributed by atoms with van der Waals surface area (Å²) in [5, 5.41) is 1.25. The van der Waals surface area contributed by atoms with Gasteiger partial charge in [-0.15, -0.1) is 22.7 Å². The number of rotatable bonds is 8. The number of nitrogens with zero attached hydrogens (tertiary/aromatic N) is 1. The number of ether oxygens (including phenoxy) is 2. The third kappa shape index (κ3) is 3.04. The maximum absolute atomic E-state index is 11.1. The molecule has 3 rings (SSSR count). The maximum Gasteiger partial charge on any atom is 0.160 e. The van der Waals surface area contributed by atoms with Crippen LogP contribution >= 0.6 is 22.7 Å². The van der Waals surface area contributed by atoms with E-state index >= 15 is 0 Å². The second-order valence-electron chi connectivity index (χ2n) is 6.49. The van der Waals surface area contributed by atoms with Crippen molar-refractivity contribution in [2.75, 3.05) is 45.4 Å². The van der Waals surface area contributed by atoms with E-state index in [9.17, 15) is 4.79 Å². The van der Waals surface area contributed by atoms with Crippen molar-refractivity contribution in [3.8, 4) is 9.75 Å². The first-order chi connectivity index (χ1) is 11.5. The molecule has 0 fully saturated rings. The molecule has 4 nitrogen and oxygen atoms in total.